The number of halogens is 1. The summed E-state index contributed by atoms with van der Waals surface area (Å²) in [5, 5.41) is 9.90. The highest BCUT2D eigenvalue weighted by Crippen LogP contribution is 2.36. The molecule has 0 fully saturated rings. The molecule has 0 aliphatic heterocycles. The summed E-state index contributed by atoms with van der Waals surface area (Å²) < 4.78 is 11.8. The Hall–Kier alpha value is -1.69. The zero-order valence-corrected chi connectivity index (χ0v) is 12.5. The van der Waals surface area contributed by atoms with Crippen molar-refractivity contribution in [3.05, 3.63) is 34.6 Å². The van der Waals surface area contributed by atoms with Crippen LogP contribution in [-0.4, -0.2) is 23.9 Å². The van der Waals surface area contributed by atoms with Crippen LogP contribution in [0.4, 0.5) is 5.69 Å². The SMILES string of the molecule is CCOc1c(Br)cc(CNc2cn[nH]c2)cc1OC. The van der Waals surface area contributed by atoms with E-state index in [0.29, 0.717) is 13.2 Å². The average Bonchev–Trinajstić information content (AvgIpc) is 2.92. The van der Waals surface area contributed by atoms with E-state index in [2.05, 4.69) is 31.4 Å². The molecule has 0 aliphatic carbocycles. The first-order valence-electron chi connectivity index (χ1n) is 5.96. The van der Waals surface area contributed by atoms with Gasteiger partial charge in [0.15, 0.2) is 11.5 Å². The monoisotopic (exact) mass is 325 g/mol. The Labute approximate surface area is 120 Å². The molecule has 0 bridgehead atoms. The van der Waals surface area contributed by atoms with Crippen LogP contribution in [-0.2, 0) is 6.54 Å². The predicted octanol–water partition coefficient (Wildman–Crippen LogP) is 3.19. The number of hydrogen-bond donors (Lipinski definition) is 2. The molecule has 2 N–H and O–H groups in total. The van der Waals surface area contributed by atoms with Gasteiger partial charge in [-0.2, -0.15) is 5.10 Å². The summed E-state index contributed by atoms with van der Waals surface area (Å²) in [4.78, 5) is 0. The molecule has 102 valence electrons. The minimum absolute atomic E-state index is 0.599. The maximum absolute atomic E-state index is 5.56. The molecule has 0 atom stereocenters. The number of nitrogens with zero attached hydrogens (tertiary/aromatic N) is 1. The van der Waals surface area contributed by atoms with E-state index in [0.717, 1.165) is 27.2 Å². The first-order valence-corrected chi connectivity index (χ1v) is 6.75. The summed E-state index contributed by atoms with van der Waals surface area (Å²) in [5.74, 6) is 1.46. The molecule has 0 unspecified atom stereocenters. The Balaban J connectivity index is 2.15. The highest BCUT2D eigenvalue weighted by Gasteiger charge is 2.11. The second-order valence-corrected chi connectivity index (χ2v) is 4.74. The fourth-order valence-electron chi connectivity index (χ4n) is 1.71. The maximum atomic E-state index is 5.56. The van der Waals surface area contributed by atoms with Crippen molar-refractivity contribution in [1.29, 1.82) is 0 Å². The van der Waals surface area contributed by atoms with Gasteiger partial charge < -0.3 is 14.8 Å². The predicted molar refractivity (Wildman–Crippen MR) is 77.8 cm³/mol. The Morgan fingerprint density at radius 2 is 2.26 bits per heavy atom. The van der Waals surface area contributed by atoms with Crippen LogP contribution in [0.15, 0.2) is 29.0 Å². The van der Waals surface area contributed by atoms with Crippen molar-refractivity contribution in [2.45, 2.75) is 13.5 Å². The van der Waals surface area contributed by atoms with Crippen molar-refractivity contribution in [2.24, 2.45) is 0 Å². The van der Waals surface area contributed by atoms with Crippen LogP contribution in [0.2, 0.25) is 0 Å². The van der Waals surface area contributed by atoms with Crippen LogP contribution in [0, 0.1) is 0 Å². The van der Waals surface area contributed by atoms with Gasteiger partial charge in [-0.1, -0.05) is 0 Å². The first-order chi connectivity index (χ1) is 9.24. The van der Waals surface area contributed by atoms with E-state index in [-0.39, 0.29) is 0 Å². The Kier molecular flexibility index (Phi) is 4.68. The molecule has 1 aromatic heterocycles. The molecule has 2 aromatic rings. The van der Waals surface area contributed by atoms with Crippen LogP contribution >= 0.6 is 15.9 Å². The number of rotatable bonds is 6. The van der Waals surface area contributed by atoms with Gasteiger partial charge in [-0.25, -0.2) is 0 Å². The lowest BCUT2D eigenvalue weighted by atomic mass is 10.2. The Bertz CT molecular complexity index is 529. The van der Waals surface area contributed by atoms with Crippen molar-refractivity contribution >= 4 is 21.6 Å². The number of nitrogens with one attached hydrogen (secondary N) is 2. The molecule has 0 saturated carbocycles. The number of benzene rings is 1. The van der Waals surface area contributed by atoms with Crippen molar-refractivity contribution < 1.29 is 9.47 Å². The topological polar surface area (TPSA) is 59.2 Å². The second-order valence-electron chi connectivity index (χ2n) is 3.88. The zero-order valence-electron chi connectivity index (χ0n) is 10.9. The number of aromatic nitrogens is 2. The fourth-order valence-corrected chi connectivity index (χ4v) is 2.32. The van der Waals surface area contributed by atoms with E-state index in [9.17, 15) is 0 Å². The molecule has 19 heavy (non-hydrogen) atoms. The largest absolute Gasteiger partial charge is 0.493 e. The third kappa shape index (κ3) is 3.41. The molecular formula is C13H16BrN3O2. The number of anilines is 1. The highest BCUT2D eigenvalue weighted by molar-refractivity contribution is 9.10. The lowest BCUT2D eigenvalue weighted by Crippen LogP contribution is -2.01. The summed E-state index contributed by atoms with van der Waals surface area (Å²) in [6, 6.07) is 3.98. The molecule has 0 spiro atoms. The molecule has 6 heteroatoms. The number of aromatic amines is 1. The van der Waals surface area contributed by atoms with E-state index in [1.54, 1.807) is 19.5 Å². The molecule has 2 rings (SSSR count). The summed E-state index contributed by atoms with van der Waals surface area (Å²) in [5.41, 5.74) is 2.04. The Morgan fingerprint density at radius 1 is 1.42 bits per heavy atom. The van der Waals surface area contributed by atoms with Crippen molar-refractivity contribution in [1.82, 2.24) is 10.2 Å². The third-order valence-electron chi connectivity index (χ3n) is 2.57. The molecule has 0 saturated heterocycles. The summed E-state index contributed by atoms with van der Waals surface area (Å²) in [6.07, 6.45) is 3.54. The van der Waals surface area contributed by atoms with Crippen LogP contribution in [0.3, 0.4) is 0 Å². The lowest BCUT2D eigenvalue weighted by Gasteiger charge is -2.13. The van der Waals surface area contributed by atoms with Crippen LogP contribution < -0.4 is 14.8 Å². The molecule has 0 radical (unpaired) electrons. The zero-order chi connectivity index (χ0) is 13.7. The lowest BCUT2D eigenvalue weighted by molar-refractivity contribution is 0.308. The summed E-state index contributed by atoms with van der Waals surface area (Å²) in [7, 11) is 1.64. The van der Waals surface area contributed by atoms with E-state index in [1.165, 1.54) is 0 Å². The van der Waals surface area contributed by atoms with Crippen molar-refractivity contribution in [3.8, 4) is 11.5 Å². The number of methoxy groups -OCH3 is 1. The van der Waals surface area contributed by atoms with Gasteiger partial charge in [-0.15, -0.1) is 0 Å². The van der Waals surface area contributed by atoms with Gasteiger partial charge in [0.2, 0.25) is 0 Å². The van der Waals surface area contributed by atoms with Crippen LogP contribution in [0.5, 0.6) is 11.5 Å². The van der Waals surface area contributed by atoms with Gasteiger partial charge in [-0.05, 0) is 40.5 Å². The van der Waals surface area contributed by atoms with E-state index >= 15 is 0 Å². The van der Waals surface area contributed by atoms with E-state index in [4.69, 9.17) is 9.47 Å². The van der Waals surface area contributed by atoms with Gasteiger partial charge in [0.1, 0.15) is 0 Å². The minimum atomic E-state index is 0.599. The smallest absolute Gasteiger partial charge is 0.175 e. The normalized spacial score (nSPS) is 10.3. The number of H-pyrrole nitrogens is 1. The number of hydrogen-bond acceptors (Lipinski definition) is 4. The molecule has 1 heterocycles. The molecule has 1 aromatic carbocycles. The number of ether oxygens (including phenoxy) is 2. The average molecular weight is 326 g/mol. The van der Waals surface area contributed by atoms with Crippen molar-refractivity contribution in [2.75, 3.05) is 19.0 Å². The van der Waals surface area contributed by atoms with E-state index < -0.39 is 0 Å². The third-order valence-corrected chi connectivity index (χ3v) is 3.16. The molecule has 5 nitrogen and oxygen atoms in total. The van der Waals surface area contributed by atoms with Gasteiger partial charge in [0, 0.05) is 12.7 Å². The molecule has 0 aliphatic rings. The summed E-state index contributed by atoms with van der Waals surface area (Å²) in [6.45, 7) is 3.22. The van der Waals surface area contributed by atoms with Crippen LogP contribution in [0.1, 0.15) is 12.5 Å². The maximum Gasteiger partial charge on any atom is 0.175 e. The van der Waals surface area contributed by atoms with Gasteiger partial charge in [0.05, 0.1) is 30.1 Å². The van der Waals surface area contributed by atoms with Gasteiger partial charge >= 0.3 is 0 Å². The van der Waals surface area contributed by atoms with Gasteiger partial charge in [-0.3, -0.25) is 5.10 Å². The quantitative estimate of drug-likeness (QED) is 0.856. The van der Waals surface area contributed by atoms with Crippen molar-refractivity contribution in [3.63, 3.8) is 0 Å². The molecule has 0 amide bonds. The van der Waals surface area contributed by atoms with Crippen LogP contribution in [0.25, 0.3) is 0 Å². The standard InChI is InChI=1S/C13H16BrN3O2/c1-3-19-13-11(14)4-9(5-12(13)18-2)6-15-10-7-16-17-8-10/h4-5,7-8,15H,3,6H2,1-2H3,(H,16,17). The highest BCUT2D eigenvalue weighted by atomic mass is 79.9. The summed E-state index contributed by atoms with van der Waals surface area (Å²) >= 11 is 3.51. The van der Waals surface area contributed by atoms with E-state index in [1.807, 2.05) is 19.1 Å². The Morgan fingerprint density at radius 3 is 2.89 bits per heavy atom. The first kappa shape index (κ1) is 13.7. The fraction of sp³-hybridized carbons (Fsp3) is 0.308. The second kappa shape index (κ2) is 6.47. The van der Waals surface area contributed by atoms with Gasteiger partial charge in [0.25, 0.3) is 0 Å². The minimum Gasteiger partial charge on any atom is -0.493 e. The molecular weight excluding hydrogens is 310 g/mol.